The maximum atomic E-state index is 2.69. The number of nitrogens with zero attached hydrogens (tertiary/aromatic N) is 2. The molecule has 6 aliphatic rings. The van der Waals surface area contributed by atoms with Crippen molar-refractivity contribution in [3.63, 3.8) is 0 Å². The van der Waals surface area contributed by atoms with Crippen LogP contribution in [0.15, 0.2) is 192 Å². The third-order valence-corrected chi connectivity index (χ3v) is 15.9. The molecule has 0 bridgehead atoms. The number of aromatic nitrogens is 1. The van der Waals surface area contributed by atoms with Crippen molar-refractivity contribution >= 4 is 40.0 Å². The fourth-order valence-corrected chi connectivity index (χ4v) is 13.1. The first-order chi connectivity index (χ1) is 29.9. The van der Waals surface area contributed by atoms with E-state index >= 15 is 0 Å². The predicted molar refractivity (Wildman–Crippen MR) is 259 cm³/mol. The van der Waals surface area contributed by atoms with Gasteiger partial charge in [-0.25, -0.2) is 0 Å². The first-order valence-corrected chi connectivity index (χ1v) is 23.1. The van der Waals surface area contributed by atoms with Crippen LogP contribution in [0.3, 0.4) is 0 Å². The lowest BCUT2D eigenvalue weighted by Gasteiger charge is -2.39. The molecule has 298 valence electrons. The summed E-state index contributed by atoms with van der Waals surface area (Å²) in [4.78, 5) is 4.16. The van der Waals surface area contributed by atoms with E-state index in [9.17, 15) is 0 Å². The molecule has 5 aromatic carbocycles. The van der Waals surface area contributed by atoms with Gasteiger partial charge in [0.2, 0.25) is 0 Å². The van der Waals surface area contributed by atoms with Crippen LogP contribution < -0.4 is 4.90 Å². The molecule has 5 atom stereocenters. The SMILES string of the molecule is CC1CC(c2ccc(N(C3=CC=CC4c5ccc6c(c5SC34)-c3ccccc3C6(C)C)C3C=CC(C4C=CC=CC4)=CC3)cc2)=Cc2c1n(-c1ccccc1)c1ccccc21. The maximum absolute atomic E-state index is 2.69. The molecule has 1 aliphatic heterocycles. The van der Waals surface area contributed by atoms with Gasteiger partial charge in [0.25, 0.3) is 0 Å². The summed E-state index contributed by atoms with van der Waals surface area (Å²) in [7, 11) is 0. The lowest BCUT2D eigenvalue weighted by atomic mass is 9.81. The summed E-state index contributed by atoms with van der Waals surface area (Å²) in [5.41, 5.74) is 19.3. The fourth-order valence-electron chi connectivity index (χ4n) is 11.5. The number of allylic oxidation sites excluding steroid dienone is 10. The molecule has 2 nitrogen and oxygen atoms in total. The maximum Gasteiger partial charge on any atom is 0.0601 e. The molecule has 12 rings (SSSR count). The zero-order valence-electron chi connectivity index (χ0n) is 35.1. The Morgan fingerprint density at radius 1 is 0.754 bits per heavy atom. The quantitative estimate of drug-likeness (QED) is 0.166. The second-order valence-electron chi connectivity index (χ2n) is 18.3. The van der Waals surface area contributed by atoms with Gasteiger partial charge in [0.15, 0.2) is 0 Å². The van der Waals surface area contributed by atoms with Crippen molar-refractivity contribution in [2.24, 2.45) is 5.92 Å². The first-order valence-electron chi connectivity index (χ1n) is 22.3. The van der Waals surface area contributed by atoms with Crippen LogP contribution in [0.25, 0.3) is 39.4 Å². The van der Waals surface area contributed by atoms with Crippen LogP contribution in [0.5, 0.6) is 0 Å². The van der Waals surface area contributed by atoms with Crippen molar-refractivity contribution < 1.29 is 0 Å². The van der Waals surface area contributed by atoms with E-state index in [0.717, 1.165) is 19.3 Å². The number of thioether (sulfide) groups is 1. The van der Waals surface area contributed by atoms with Crippen molar-refractivity contribution in [3.05, 3.63) is 221 Å². The minimum atomic E-state index is -0.0100. The molecule has 61 heavy (non-hydrogen) atoms. The highest BCUT2D eigenvalue weighted by Gasteiger charge is 2.45. The second-order valence-corrected chi connectivity index (χ2v) is 19.5. The predicted octanol–water partition coefficient (Wildman–Crippen LogP) is 14.9. The fraction of sp³-hybridized carbons (Fsp3) is 0.207. The molecule has 5 aliphatic carbocycles. The van der Waals surface area contributed by atoms with E-state index in [0.29, 0.717) is 17.8 Å². The third-order valence-electron chi connectivity index (χ3n) is 14.5. The van der Waals surface area contributed by atoms with Crippen molar-refractivity contribution in [2.45, 2.75) is 73.5 Å². The summed E-state index contributed by atoms with van der Waals surface area (Å²) in [5, 5.41) is 1.61. The van der Waals surface area contributed by atoms with Gasteiger partial charge in [-0.2, -0.15) is 0 Å². The Hall–Kier alpha value is -6.03. The van der Waals surface area contributed by atoms with Gasteiger partial charge in [-0.1, -0.05) is 160 Å². The van der Waals surface area contributed by atoms with Gasteiger partial charge >= 0.3 is 0 Å². The van der Waals surface area contributed by atoms with Gasteiger partial charge in [0.1, 0.15) is 0 Å². The average molecular weight is 807 g/mol. The Morgan fingerprint density at radius 2 is 1.57 bits per heavy atom. The monoisotopic (exact) mass is 806 g/mol. The van der Waals surface area contributed by atoms with Crippen molar-refractivity contribution in [1.82, 2.24) is 4.57 Å². The number of hydrogen-bond donors (Lipinski definition) is 0. The van der Waals surface area contributed by atoms with Crippen LogP contribution >= 0.6 is 11.8 Å². The Kier molecular flexibility index (Phi) is 8.61. The van der Waals surface area contributed by atoms with Crippen LogP contribution in [0.4, 0.5) is 5.69 Å². The molecule has 0 N–H and O–H groups in total. The highest BCUT2D eigenvalue weighted by atomic mass is 32.2. The minimum absolute atomic E-state index is 0.0100. The summed E-state index contributed by atoms with van der Waals surface area (Å²) in [6.45, 7) is 7.20. The first kappa shape index (κ1) is 36.8. The van der Waals surface area contributed by atoms with E-state index in [2.05, 4.69) is 224 Å². The van der Waals surface area contributed by atoms with Crippen LogP contribution in [0.2, 0.25) is 0 Å². The number of benzene rings is 5. The van der Waals surface area contributed by atoms with Gasteiger partial charge in [-0.05, 0) is 106 Å². The van der Waals surface area contributed by atoms with E-state index in [1.54, 1.807) is 0 Å². The molecule has 0 spiro atoms. The summed E-state index contributed by atoms with van der Waals surface area (Å²) in [5.74, 6) is 1.15. The van der Waals surface area contributed by atoms with Crippen LogP contribution in [0.1, 0.15) is 85.4 Å². The summed E-state index contributed by atoms with van der Waals surface area (Å²) in [6.07, 6.45) is 29.2. The van der Waals surface area contributed by atoms with E-state index in [1.807, 2.05) is 0 Å². The molecule has 5 unspecified atom stereocenters. The topological polar surface area (TPSA) is 8.17 Å². The summed E-state index contributed by atoms with van der Waals surface area (Å²) < 4.78 is 2.50. The Bertz CT molecular complexity index is 2980. The third kappa shape index (κ3) is 5.77. The second kappa shape index (κ2) is 14.3. The number of hydrogen-bond acceptors (Lipinski definition) is 2. The number of fused-ring (bicyclic) bond motifs is 10. The molecule has 0 saturated carbocycles. The molecule has 0 radical (unpaired) electrons. The standard InChI is InChI=1S/C58H50N2S/c1-37-35-41(36-49-45-19-11-13-23-52(45)60(55(37)49)42-17-8-5-9-18-42)40-27-31-44(32-28-40)59(43-29-25-39(26-30-43)38-15-6-4-7-16-38)53-24-14-21-46-47-33-34-51-54(57(47)61-56(46)53)48-20-10-12-22-50(48)58(51,2)3/h4-15,17-29,31-34,36-38,43,46,56H,16,30,35H2,1-3H3. The smallest absolute Gasteiger partial charge is 0.0601 e. The van der Waals surface area contributed by atoms with Crippen LogP contribution in [-0.2, 0) is 5.41 Å². The minimum Gasteiger partial charge on any atom is -0.337 e. The Morgan fingerprint density at radius 3 is 2.39 bits per heavy atom. The van der Waals surface area contributed by atoms with Crippen molar-refractivity contribution in [2.75, 3.05) is 4.90 Å². The van der Waals surface area contributed by atoms with Crippen LogP contribution in [0, 0.1) is 5.92 Å². The molecule has 2 heterocycles. The van der Waals surface area contributed by atoms with Crippen LogP contribution in [-0.4, -0.2) is 15.9 Å². The molecule has 6 aromatic rings. The lowest BCUT2D eigenvalue weighted by Crippen LogP contribution is -2.39. The number of anilines is 1. The van der Waals surface area contributed by atoms with Gasteiger partial charge in [0, 0.05) is 61.8 Å². The molecule has 0 fully saturated rings. The average Bonchev–Trinajstić information content (AvgIpc) is 3.94. The van der Waals surface area contributed by atoms with Gasteiger partial charge < -0.3 is 9.47 Å². The zero-order chi connectivity index (χ0) is 40.8. The van der Waals surface area contributed by atoms with Crippen molar-refractivity contribution in [1.29, 1.82) is 0 Å². The van der Waals surface area contributed by atoms with E-state index in [1.165, 1.54) is 88.7 Å². The zero-order valence-corrected chi connectivity index (χ0v) is 35.9. The molecule has 0 saturated heterocycles. The highest BCUT2D eigenvalue weighted by Crippen LogP contribution is 2.60. The normalized spacial score (nSPS) is 23.7. The van der Waals surface area contributed by atoms with E-state index in [4.69, 9.17) is 0 Å². The molecular weight excluding hydrogens is 757 g/mol. The van der Waals surface area contributed by atoms with E-state index < -0.39 is 0 Å². The highest BCUT2D eigenvalue weighted by molar-refractivity contribution is 8.00. The Labute approximate surface area is 364 Å². The van der Waals surface area contributed by atoms with Gasteiger partial charge in [0.05, 0.1) is 16.8 Å². The molecular formula is C58H50N2S. The number of para-hydroxylation sites is 2. The molecule has 0 amide bonds. The van der Waals surface area contributed by atoms with E-state index in [-0.39, 0.29) is 16.7 Å². The summed E-state index contributed by atoms with van der Waals surface area (Å²) >= 11 is 2.10. The Balaban J connectivity index is 0.922. The molecule has 3 heteroatoms. The summed E-state index contributed by atoms with van der Waals surface area (Å²) in [6, 6.07) is 43.6. The lowest BCUT2D eigenvalue weighted by molar-refractivity contribution is 0.658. The largest absolute Gasteiger partial charge is 0.337 e. The van der Waals surface area contributed by atoms with Gasteiger partial charge in [-0.15, -0.1) is 11.8 Å². The molecule has 1 aromatic heterocycles. The van der Waals surface area contributed by atoms with Gasteiger partial charge in [-0.3, -0.25) is 0 Å². The number of rotatable bonds is 6. The van der Waals surface area contributed by atoms with Crippen molar-refractivity contribution in [3.8, 4) is 16.8 Å².